The van der Waals surface area contributed by atoms with E-state index in [2.05, 4.69) is 5.32 Å². The zero-order valence-electron chi connectivity index (χ0n) is 15.5. The smallest absolute Gasteiger partial charge is 0.368 e. The lowest BCUT2D eigenvalue weighted by atomic mass is 10.1. The Morgan fingerprint density at radius 3 is 2.45 bits per heavy atom. The maximum Gasteiger partial charge on any atom is 0.416 e. The Balaban J connectivity index is 1.60. The second kappa shape index (κ2) is 8.73. The normalized spacial score (nSPS) is 15.8. The van der Waals surface area contributed by atoms with Crippen molar-refractivity contribution in [2.45, 2.75) is 18.6 Å². The summed E-state index contributed by atoms with van der Waals surface area (Å²) in [4.78, 5) is 28.3. The fourth-order valence-corrected chi connectivity index (χ4v) is 4.06. The van der Waals surface area contributed by atoms with Crippen LogP contribution in [-0.4, -0.2) is 43.0 Å². The molecule has 6 nitrogen and oxygen atoms in total. The van der Waals surface area contributed by atoms with Gasteiger partial charge in [0, 0.05) is 36.7 Å². The number of nitrogens with two attached hydrogens (primary N) is 1. The Hall–Kier alpha value is -2.75. The second-order valence-corrected chi connectivity index (χ2v) is 7.68. The molecule has 3 amide bonds. The van der Waals surface area contributed by atoms with E-state index in [9.17, 15) is 22.8 Å². The predicted molar refractivity (Wildman–Crippen MR) is 105 cm³/mol. The van der Waals surface area contributed by atoms with Crippen LogP contribution in [0.3, 0.4) is 0 Å². The molecule has 1 saturated heterocycles. The van der Waals surface area contributed by atoms with Crippen molar-refractivity contribution >= 4 is 29.0 Å². The lowest BCUT2D eigenvalue weighted by molar-refractivity contribution is -0.137. The first-order chi connectivity index (χ1) is 13.7. The van der Waals surface area contributed by atoms with Crippen molar-refractivity contribution in [2.75, 3.05) is 31.1 Å². The molecule has 1 atom stereocenters. The van der Waals surface area contributed by atoms with Crippen LogP contribution in [0.15, 0.2) is 41.8 Å². The second-order valence-electron chi connectivity index (χ2n) is 6.70. The number of amides is 3. The number of hydrogen-bond acceptors (Lipinski definition) is 4. The number of alkyl halides is 3. The maximum absolute atomic E-state index is 12.9. The molecule has 1 aliphatic heterocycles. The van der Waals surface area contributed by atoms with Crippen molar-refractivity contribution in [3.05, 3.63) is 52.2 Å². The number of anilines is 1. The Morgan fingerprint density at radius 2 is 1.86 bits per heavy atom. The third-order valence-electron chi connectivity index (χ3n) is 4.75. The molecule has 0 aliphatic carbocycles. The number of hydrogen-bond donors (Lipinski definition) is 2. The summed E-state index contributed by atoms with van der Waals surface area (Å²) in [7, 11) is 0. The lowest BCUT2D eigenvalue weighted by Gasteiger charge is -2.37. The van der Waals surface area contributed by atoms with Gasteiger partial charge < -0.3 is 20.9 Å². The molecular weight excluding hydrogens is 405 g/mol. The first-order valence-corrected chi connectivity index (χ1v) is 9.91. The van der Waals surface area contributed by atoms with Crippen LogP contribution in [0.25, 0.3) is 0 Å². The van der Waals surface area contributed by atoms with E-state index in [1.807, 2.05) is 22.4 Å². The van der Waals surface area contributed by atoms with Crippen LogP contribution in [0.4, 0.5) is 23.7 Å². The van der Waals surface area contributed by atoms with Gasteiger partial charge in [0.25, 0.3) is 0 Å². The van der Waals surface area contributed by atoms with E-state index in [0.717, 1.165) is 17.0 Å². The topological polar surface area (TPSA) is 78.7 Å². The molecular formula is C19H21F3N4O2S. The summed E-state index contributed by atoms with van der Waals surface area (Å²) in [5.74, 6) is -0.138. The maximum atomic E-state index is 12.9. The largest absolute Gasteiger partial charge is 0.416 e. The number of halogens is 3. The summed E-state index contributed by atoms with van der Waals surface area (Å²) in [5.41, 5.74) is 5.02. The highest BCUT2D eigenvalue weighted by Crippen LogP contribution is 2.32. The van der Waals surface area contributed by atoms with Crippen LogP contribution >= 0.6 is 11.3 Å². The third-order valence-corrected chi connectivity index (χ3v) is 5.74. The van der Waals surface area contributed by atoms with Gasteiger partial charge in [0.2, 0.25) is 5.91 Å². The number of piperazine rings is 1. The van der Waals surface area contributed by atoms with E-state index in [-0.39, 0.29) is 12.3 Å². The Kier molecular flexibility index (Phi) is 6.31. The van der Waals surface area contributed by atoms with Crippen molar-refractivity contribution in [1.29, 1.82) is 0 Å². The van der Waals surface area contributed by atoms with Gasteiger partial charge in [-0.15, -0.1) is 11.3 Å². The molecule has 0 radical (unpaired) electrons. The van der Waals surface area contributed by atoms with Crippen molar-refractivity contribution in [1.82, 2.24) is 10.2 Å². The van der Waals surface area contributed by atoms with E-state index < -0.39 is 23.8 Å². The van der Waals surface area contributed by atoms with E-state index in [0.29, 0.717) is 31.9 Å². The molecule has 2 heterocycles. The molecule has 3 rings (SSSR count). The van der Waals surface area contributed by atoms with E-state index >= 15 is 0 Å². The number of rotatable bonds is 5. The van der Waals surface area contributed by atoms with Gasteiger partial charge in [-0.25, -0.2) is 4.79 Å². The number of carbonyl (C=O) groups excluding carboxylic acids is 2. The van der Waals surface area contributed by atoms with Gasteiger partial charge >= 0.3 is 12.2 Å². The zero-order chi connectivity index (χ0) is 21.0. The van der Waals surface area contributed by atoms with Crippen LogP contribution in [0.1, 0.15) is 22.9 Å². The minimum Gasteiger partial charge on any atom is -0.368 e. The van der Waals surface area contributed by atoms with Crippen molar-refractivity contribution in [3.63, 3.8) is 0 Å². The Morgan fingerprint density at radius 1 is 1.14 bits per heavy atom. The molecule has 1 unspecified atom stereocenters. The third kappa shape index (κ3) is 5.41. The standard InChI is InChI=1S/C19H21F3N4O2S/c20-19(21,22)13-3-1-4-14(11-13)25-6-8-26(9-7-25)17(27)12-15(24-18(23)28)16-5-2-10-29-16/h1-5,10-11,15H,6-9,12H2,(H3,23,24,28). The number of thiophene rings is 1. The van der Waals surface area contributed by atoms with Crippen LogP contribution in [0, 0.1) is 0 Å². The van der Waals surface area contributed by atoms with Crippen LogP contribution in [0.2, 0.25) is 0 Å². The first kappa shape index (κ1) is 21.0. The number of nitrogens with one attached hydrogen (secondary N) is 1. The first-order valence-electron chi connectivity index (χ1n) is 9.03. The molecule has 0 spiro atoms. The molecule has 3 N–H and O–H groups in total. The van der Waals surface area contributed by atoms with Gasteiger partial charge in [-0.3, -0.25) is 4.79 Å². The van der Waals surface area contributed by atoms with Crippen molar-refractivity contribution in [3.8, 4) is 0 Å². The zero-order valence-corrected chi connectivity index (χ0v) is 16.3. The molecule has 29 heavy (non-hydrogen) atoms. The molecule has 1 aromatic heterocycles. The van der Waals surface area contributed by atoms with Gasteiger partial charge in [-0.1, -0.05) is 12.1 Å². The summed E-state index contributed by atoms with van der Waals surface area (Å²) in [6.07, 6.45) is -4.31. The minimum atomic E-state index is -4.39. The van der Waals surface area contributed by atoms with Crippen LogP contribution in [-0.2, 0) is 11.0 Å². The monoisotopic (exact) mass is 426 g/mol. The average molecular weight is 426 g/mol. The lowest BCUT2D eigenvalue weighted by Crippen LogP contribution is -2.49. The van der Waals surface area contributed by atoms with Gasteiger partial charge in [0.15, 0.2) is 0 Å². The summed E-state index contributed by atoms with van der Waals surface area (Å²) in [6, 6.07) is 7.64. The molecule has 156 valence electrons. The van der Waals surface area contributed by atoms with Crippen LogP contribution < -0.4 is 16.0 Å². The molecule has 1 aliphatic rings. The predicted octanol–water partition coefficient (Wildman–Crippen LogP) is 3.22. The highest BCUT2D eigenvalue weighted by molar-refractivity contribution is 7.10. The van der Waals surface area contributed by atoms with Crippen molar-refractivity contribution in [2.24, 2.45) is 5.73 Å². The van der Waals surface area contributed by atoms with Gasteiger partial charge in [0.05, 0.1) is 18.0 Å². The summed E-state index contributed by atoms with van der Waals surface area (Å²) in [5, 5.41) is 4.44. The van der Waals surface area contributed by atoms with Gasteiger partial charge in [0.1, 0.15) is 0 Å². The average Bonchev–Trinajstić information content (AvgIpc) is 3.21. The van der Waals surface area contributed by atoms with Crippen LogP contribution in [0.5, 0.6) is 0 Å². The summed E-state index contributed by atoms with van der Waals surface area (Å²) in [6.45, 7) is 1.64. The molecule has 0 bridgehead atoms. The summed E-state index contributed by atoms with van der Waals surface area (Å²) < 4.78 is 38.8. The fourth-order valence-electron chi connectivity index (χ4n) is 3.28. The van der Waals surface area contributed by atoms with Crippen molar-refractivity contribution < 1.29 is 22.8 Å². The molecule has 1 aromatic carbocycles. The number of primary amides is 1. The molecule has 0 saturated carbocycles. The fraction of sp³-hybridized carbons (Fsp3) is 0.368. The van der Waals surface area contributed by atoms with E-state index in [4.69, 9.17) is 5.73 Å². The number of urea groups is 1. The highest BCUT2D eigenvalue weighted by Gasteiger charge is 2.31. The molecule has 2 aromatic rings. The number of benzene rings is 1. The van der Waals surface area contributed by atoms with E-state index in [1.165, 1.54) is 17.4 Å². The Bertz CT molecular complexity index is 849. The Labute approximate surface area is 170 Å². The quantitative estimate of drug-likeness (QED) is 0.771. The number of nitrogens with zero attached hydrogens (tertiary/aromatic N) is 2. The van der Waals surface area contributed by atoms with Gasteiger partial charge in [-0.2, -0.15) is 13.2 Å². The van der Waals surface area contributed by atoms with E-state index in [1.54, 1.807) is 11.0 Å². The minimum absolute atomic E-state index is 0.0764. The summed E-state index contributed by atoms with van der Waals surface area (Å²) >= 11 is 1.42. The molecule has 10 heteroatoms. The SMILES string of the molecule is NC(=O)NC(CC(=O)N1CCN(c2cccc(C(F)(F)F)c2)CC1)c1cccs1. The highest BCUT2D eigenvalue weighted by atomic mass is 32.1. The van der Waals surface area contributed by atoms with Gasteiger partial charge in [-0.05, 0) is 29.6 Å². The molecule has 1 fully saturated rings. The number of carbonyl (C=O) groups is 2.